The summed E-state index contributed by atoms with van der Waals surface area (Å²) in [5, 5.41) is 8.99. The van der Waals surface area contributed by atoms with Crippen molar-refractivity contribution >= 4 is 39.2 Å². The number of carboxylic acids is 1. The van der Waals surface area contributed by atoms with Gasteiger partial charge in [0.15, 0.2) is 0 Å². The molecule has 0 saturated carbocycles. The molecule has 1 fully saturated rings. The molecule has 1 heterocycles. The van der Waals surface area contributed by atoms with Crippen molar-refractivity contribution in [3.05, 3.63) is 27.7 Å². The Bertz CT molecular complexity index is 735. The minimum atomic E-state index is -3.87. The molecule has 1 saturated heterocycles. The predicted molar refractivity (Wildman–Crippen MR) is 93.5 cm³/mol. The molecule has 0 unspecified atom stereocenters. The maximum absolute atomic E-state index is 12.9. The van der Waals surface area contributed by atoms with Crippen LogP contribution in [0.15, 0.2) is 17.0 Å². The van der Waals surface area contributed by atoms with E-state index in [0.717, 1.165) is 31.6 Å². The van der Waals surface area contributed by atoms with Gasteiger partial charge >= 0.3 is 5.97 Å². The van der Waals surface area contributed by atoms with Crippen LogP contribution in [0.3, 0.4) is 0 Å². The number of likely N-dealkylation sites (N-methyl/N-ethyl adjacent to an activating group) is 1. The Morgan fingerprint density at radius 2 is 1.92 bits per heavy atom. The van der Waals surface area contributed by atoms with E-state index >= 15 is 0 Å². The van der Waals surface area contributed by atoms with Gasteiger partial charge in [-0.3, -0.25) is 4.90 Å². The van der Waals surface area contributed by atoms with Gasteiger partial charge in [-0.1, -0.05) is 37.0 Å². The first-order valence-electron chi connectivity index (χ1n) is 7.68. The van der Waals surface area contributed by atoms with Crippen LogP contribution in [0.4, 0.5) is 0 Å². The van der Waals surface area contributed by atoms with Crippen LogP contribution in [-0.4, -0.2) is 60.9 Å². The molecule has 0 spiro atoms. The first-order valence-corrected chi connectivity index (χ1v) is 9.88. The van der Waals surface area contributed by atoms with Crippen molar-refractivity contribution in [2.24, 2.45) is 0 Å². The molecule has 2 rings (SSSR count). The van der Waals surface area contributed by atoms with Gasteiger partial charge in [0.05, 0.1) is 15.6 Å². The molecule has 24 heavy (non-hydrogen) atoms. The molecule has 1 N–H and O–H groups in total. The van der Waals surface area contributed by atoms with Gasteiger partial charge in [0, 0.05) is 19.1 Å². The van der Waals surface area contributed by atoms with E-state index in [0.29, 0.717) is 13.1 Å². The summed E-state index contributed by atoms with van der Waals surface area (Å²) in [6.07, 6.45) is 0.734. The van der Waals surface area contributed by atoms with E-state index in [4.69, 9.17) is 28.3 Å². The van der Waals surface area contributed by atoms with Gasteiger partial charge in [-0.05, 0) is 31.6 Å². The predicted octanol–water partition coefficient (Wildman–Crippen LogP) is 2.80. The van der Waals surface area contributed by atoms with Gasteiger partial charge in [-0.25, -0.2) is 13.2 Å². The summed E-state index contributed by atoms with van der Waals surface area (Å²) in [6, 6.07) is 2.35. The number of benzene rings is 1. The number of carbonyl (C=O) groups is 1. The summed E-state index contributed by atoms with van der Waals surface area (Å²) in [6.45, 7) is 6.52. The molecule has 1 aromatic rings. The zero-order chi connectivity index (χ0) is 18.1. The van der Waals surface area contributed by atoms with Crippen molar-refractivity contribution in [3.8, 4) is 0 Å². The van der Waals surface area contributed by atoms with Gasteiger partial charge < -0.3 is 5.11 Å². The lowest BCUT2D eigenvalue weighted by atomic mass is 10.2. The summed E-state index contributed by atoms with van der Waals surface area (Å²) in [5.74, 6) is -1.30. The molecule has 0 radical (unpaired) electrons. The van der Waals surface area contributed by atoms with Crippen LogP contribution >= 0.6 is 23.2 Å². The molecule has 0 aromatic heterocycles. The normalized spacial score (nSPS) is 19.1. The molecule has 1 aliphatic heterocycles. The number of halogens is 2. The molecular formula is C15H20Cl2N2O4S. The molecule has 1 aliphatic rings. The van der Waals surface area contributed by atoms with Crippen LogP contribution in [0.2, 0.25) is 10.0 Å². The van der Waals surface area contributed by atoms with Crippen LogP contribution < -0.4 is 0 Å². The highest BCUT2D eigenvalue weighted by atomic mass is 35.5. The molecule has 1 atom stereocenters. The summed E-state index contributed by atoms with van der Waals surface area (Å²) in [7, 11) is -3.87. The SMILES string of the molecule is CCN(CC)[C@H]1CCN(S(=O)(=O)c2cc(C(=O)O)c(Cl)cc2Cl)C1. The van der Waals surface area contributed by atoms with Gasteiger partial charge in [0.25, 0.3) is 0 Å². The third-order valence-corrected chi connectivity index (χ3v) is 6.97. The summed E-state index contributed by atoms with van der Waals surface area (Å²) >= 11 is 11.9. The van der Waals surface area contributed by atoms with Gasteiger partial charge in [-0.15, -0.1) is 0 Å². The van der Waals surface area contributed by atoms with Gasteiger partial charge in [0.2, 0.25) is 10.0 Å². The van der Waals surface area contributed by atoms with E-state index in [1.54, 1.807) is 0 Å². The summed E-state index contributed by atoms with van der Waals surface area (Å²) in [5.41, 5.74) is -0.279. The first kappa shape index (κ1) is 19.5. The topological polar surface area (TPSA) is 77.9 Å². The molecule has 9 heteroatoms. The minimum Gasteiger partial charge on any atom is -0.478 e. The second kappa shape index (κ2) is 7.58. The Morgan fingerprint density at radius 1 is 1.29 bits per heavy atom. The monoisotopic (exact) mass is 394 g/mol. The Hall–Kier alpha value is -0.860. The fourth-order valence-electron chi connectivity index (χ4n) is 3.00. The molecule has 0 aliphatic carbocycles. The number of carboxylic acid groups (broad SMARTS) is 1. The van der Waals surface area contributed by atoms with Crippen molar-refractivity contribution < 1.29 is 18.3 Å². The lowest BCUT2D eigenvalue weighted by Gasteiger charge is -2.26. The fraction of sp³-hybridized carbons (Fsp3) is 0.533. The lowest BCUT2D eigenvalue weighted by Crippen LogP contribution is -2.38. The molecule has 1 aromatic carbocycles. The van der Waals surface area contributed by atoms with E-state index in [9.17, 15) is 13.2 Å². The molecule has 0 bridgehead atoms. The van der Waals surface area contributed by atoms with Gasteiger partial charge in [0.1, 0.15) is 4.90 Å². The zero-order valence-electron chi connectivity index (χ0n) is 13.5. The third-order valence-electron chi connectivity index (χ3n) is 4.32. The summed E-state index contributed by atoms with van der Waals surface area (Å²) < 4.78 is 27.1. The van der Waals surface area contributed by atoms with Crippen molar-refractivity contribution in [2.75, 3.05) is 26.2 Å². The number of rotatable bonds is 6. The number of hydrogen-bond donors (Lipinski definition) is 1. The fourth-order valence-corrected chi connectivity index (χ4v) is 5.32. The average Bonchev–Trinajstić information content (AvgIpc) is 2.98. The minimum absolute atomic E-state index is 0.0729. The molecule has 6 nitrogen and oxygen atoms in total. The van der Waals surface area contributed by atoms with Crippen molar-refractivity contribution in [1.29, 1.82) is 0 Å². The first-order chi connectivity index (χ1) is 11.2. The largest absolute Gasteiger partial charge is 0.478 e. The molecule has 0 amide bonds. The molecular weight excluding hydrogens is 375 g/mol. The highest BCUT2D eigenvalue weighted by molar-refractivity contribution is 7.89. The molecule has 134 valence electrons. The van der Waals surface area contributed by atoms with Gasteiger partial charge in [-0.2, -0.15) is 4.31 Å². The van der Waals surface area contributed by atoms with Crippen molar-refractivity contribution in [3.63, 3.8) is 0 Å². The third kappa shape index (κ3) is 3.70. The Morgan fingerprint density at radius 3 is 2.46 bits per heavy atom. The second-order valence-electron chi connectivity index (χ2n) is 5.59. The smallest absolute Gasteiger partial charge is 0.337 e. The highest BCUT2D eigenvalue weighted by Crippen LogP contribution is 2.32. The van der Waals surface area contributed by atoms with E-state index in [1.165, 1.54) is 4.31 Å². The average molecular weight is 395 g/mol. The lowest BCUT2D eigenvalue weighted by molar-refractivity contribution is 0.0697. The van der Waals surface area contributed by atoms with E-state index in [1.807, 2.05) is 13.8 Å². The maximum atomic E-state index is 12.9. The Labute approximate surface area is 152 Å². The van der Waals surface area contributed by atoms with Crippen LogP contribution in [0, 0.1) is 0 Å². The van der Waals surface area contributed by atoms with Crippen molar-refractivity contribution in [2.45, 2.75) is 31.2 Å². The number of aromatic carboxylic acids is 1. The number of sulfonamides is 1. The Kier molecular flexibility index (Phi) is 6.14. The second-order valence-corrected chi connectivity index (χ2v) is 8.32. The summed E-state index contributed by atoms with van der Waals surface area (Å²) in [4.78, 5) is 13.2. The van der Waals surface area contributed by atoms with E-state index in [2.05, 4.69) is 4.90 Å². The number of hydrogen-bond acceptors (Lipinski definition) is 4. The van der Waals surface area contributed by atoms with Crippen LogP contribution in [0.5, 0.6) is 0 Å². The number of nitrogens with zero attached hydrogens (tertiary/aromatic N) is 2. The van der Waals surface area contributed by atoms with Crippen LogP contribution in [0.25, 0.3) is 0 Å². The van der Waals surface area contributed by atoms with Crippen LogP contribution in [-0.2, 0) is 10.0 Å². The quantitative estimate of drug-likeness (QED) is 0.802. The van der Waals surface area contributed by atoms with E-state index < -0.39 is 16.0 Å². The van der Waals surface area contributed by atoms with Crippen molar-refractivity contribution in [1.82, 2.24) is 9.21 Å². The maximum Gasteiger partial charge on any atom is 0.337 e. The van der Waals surface area contributed by atoms with E-state index in [-0.39, 0.29) is 26.5 Å². The standard InChI is InChI=1S/C15H20Cl2N2O4S/c1-3-18(4-2)10-5-6-19(9-10)24(22,23)14-7-11(15(20)21)12(16)8-13(14)17/h7-8,10H,3-6,9H2,1-2H3,(H,20,21)/t10-/m0/s1. The highest BCUT2D eigenvalue weighted by Gasteiger charge is 2.36. The zero-order valence-corrected chi connectivity index (χ0v) is 15.8. The van der Waals surface area contributed by atoms with Crippen LogP contribution in [0.1, 0.15) is 30.6 Å². The Balaban J connectivity index is 2.35.